The Morgan fingerprint density at radius 2 is 1.89 bits per heavy atom. The zero-order chi connectivity index (χ0) is 24.9. The molecule has 8 nitrogen and oxygen atoms in total. The highest BCUT2D eigenvalue weighted by molar-refractivity contribution is 8.18. The highest BCUT2D eigenvalue weighted by atomic mass is 35.5. The molecule has 0 spiro atoms. The van der Waals surface area contributed by atoms with Crippen molar-refractivity contribution in [2.45, 2.75) is 19.8 Å². The summed E-state index contributed by atoms with van der Waals surface area (Å²) in [5.74, 6) is -0.739. The Labute approximate surface area is 212 Å². The molecule has 2 fully saturated rings. The maximum atomic E-state index is 12.8. The number of benzene rings is 2. The predicted octanol–water partition coefficient (Wildman–Crippen LogP) is 4.32. The quantitative estimate of drug-likeness (QED) is 0.554. The lowest BCUT2D eigenvalue weighted by atomic mass is 10.2. The molecule has 2 aromatic rings. The lowest BCUT2D eigenvalue weighted by molar-refractivity contribution is -0.135. The molecule has 182 valence electrons. The van der Waals surface area contributed by atoms with E-state index in [2.05, 4.69) is 5.32 Å². The molecule has 10 heteroatoms. The molecule has 2 aromatic carbocycles. The summed E-state index contributed by atoms with van der Waals surface area (Å²) in [4.78, 5) is 52.8. The van der Waals surface area contributed by atoms with Gasteiger partial charge in [-0.3, -0.25) is 24.1 Å². The van der Waals surface area contributed by atoms with Crippen molar-refractivity contribution in [3.63, 3.8) is 0 Å². The predicted molar refractivity (Wildman–Crippen MR) is 135 cm³/mol. The molecule has 0 atom stereocenters. The number of imide groups is 1. The summed E-state index contributed by atoms with van der Waals surface area (Å²) >= 11 is 6.88. The molecule has 0 aromatic heterocycles. The number of rotatable bonds is 7. The van der Waals surface area contributed by atoms with E-state index in [0.717, 1.165) is 35.1 Å². The van der Waals surface area contributed by atoms with Crippen LogP contribution in [0.5, 0.6) is 5.75 Å². The number of para-hydroxylation sites is 1. The highest BCUT2D eigenvalue weighted by Crippen LogP contribution is 2.34. The number of likely N-dealkylation sites (tertiary alicyclic amines) is 1. The molecule has 2 saturated heterocycles. The van der Waals surface area contributed by atoms with Gasteiger partial charge in [0.1, 0.15) is 12.3 Å². The lowest BCUT2D eigenvalue weighted by Crippen LogP contribution is -2.40. The van der Waals surface area contributed by atoms with Gasteiger partial charge in [-0.1, -0.05) is 35.9 Å². The molecule has 0 unspecified atom stereocenters. The van der Waals surface area contributed by atoms with E-state index in [1.807, 2.05) is 6.92 Å². The Kier molecular flexibility index (Phi) is 7.77. The largest absolute Gasteiger partial charge is 0.483 e. The van der Waals surface area contributed by atoms with Gasteiger partial charge in [0.25, 0.3) is 17.1 Å². The second kappa shape index (κ2) is 11.0. The van der Waals surface area contributed by atoms with Gasteiger partial charge in [-0.2, -0.15) is 0 Å². The molecular weight excluding hydrogens is 490 g/mol. The highest BCUT2D eigenvalue weighted by Gasteiger charge is 2.37. The van der Waals surface area contributed by atoms with Crippen LogP contribution in [0, 0.1) is 6.92 Å². The first kappa shape index (κ1) is 24.8. The summed E-state index contributed by atoms with van der Waals surface area (Å²) in [5.41, 5.74) is 1.99. The van der Waals surface area contributed by atoms with E-state index in [1.165, 1.54) is 6.08 Å². The lowest BCUT2D eigenvalue weighted by Gasteiger charge is -2.18. The van der Waals surface area contributed by atoms with Crippen LogP contribution in [0.25, 0.3) is 6.08 Å². The van der Waals surface area contributed by atoms with Crippen LogP contribution in [0.4, 0.5) is 10.5 Å². The molecule has 0 radical (unpaired) electrons. The minimum absolute atomic E-state index is 0.194. The number of halogens is 1. The van der Waals surface area contributed by atoms with E-state index in [0.29, 0.717) is 35.1 Å². The molecule has 2 heterocycles. The van der Waals surface area contributed by atoms with Gasteiger partial charge in [0.2, 0.25) is 5.91 Å². The average Bonchev–Trinajstić information content (AvgIpc) is 3.46. The van der Waals surface area contributed by atoms with Gasteiger partial charge in [0, 0.05) is 29.4 Å². The van der Waals surface area contributed by atoms with Crippen LogP contribution >= 0.6 is 23.4 Å². The Morgan fingerprint density at radius 1 is 1.14 bits per heavy atom. The Hall–Kier alpha value is -3.30. The molecule has 2 aliphatic rings. The van der Waals surface area contributed by atoms with Crippen LogP contribution in [0.2, 0.25) is 5.02 Å². The van der Waals surface area contributed by atoms with E-state index in [4.69, 9.17) is 16.3 Å². The van der Waals surface area contributed by atoms with Crippen molar-refractivity contribution >= 4 is 58.1 Å². The molecule has 2 aliphatic heterocycles. The second-order valence-electron chi connectivity index (χ2n) is 8.19. The number of aryl methyl sites for hydroxylation is 1. The second-order valence-corrected chi connectivity index (χ2v) is 9.59. The van der Waals surface area contributed by atoms with Gasteiger partial charge in [0.05, 0.1) is 4.91 Å². The minimum atomic E-state index is -0.517. The van der Waals surface area contributed by atoms with Crippen LogP contribution in [0.3, 0.4) is 0 Å². The van der Waals surface area contributed by atoms with Gasteiger partial charge >= 0.3 is 0 Å². The number of hydrogen-bond donors (Lipinski definition) is 1. The summed E-state index contributed by atoms with van der Waals surface area (Å²) < 4.78 is 5.69. The molecule has 4 rings (SSSR count). The van der Waals surface area contributed by atoms with Gasteiger partial charge in [-0.25, -0.2) is 0 Å². The third kappa shape index (κ3) is 6.04. The van der Waals surface area contributed by atoms with E-state index in [-0.39, 0.29) is 29.9 Å². The standard InChI is InChI=1S/C25H24ClN3O5S/c1-16-8-9-18(13-19(16)26)27-22(30)15-34-20-7-3-2-6-17(20)12-21-24(32)29(25(33)35-21)14-23(31)28-10-4-5-11-28/h2-3,6-9,12-13H,4-5,10-11,14-15H2,1H3,(H,27,30)/b21-12-. The molecule has 0 bridgehead atoms. The first-order valence-electron chi connectivity index (χ1n) is 11.1. The van der Waals surface area contributed by atoms with Gasteiger partial charge in [-0.15, -0.1) is 0 Å². The number of amides is 4. The maximum absolute atomic E-state index is 12.8. The van der Waals surface area contributed by atoms with Gasteiger partial charge in [-0.05, 0) is 61.4 Å². The smallest absolute Gasteiger partial charge is 0.294 e. The molecular formula is C25H24ClN3O5S. The topological polar surface area (TPSA) is 96.0 Å². The maximum Gasteiger partial charge on any atom is 0.294 e. The van der Waals surface area contributed by atoms with Gasteiger partial charge in [0.15, 0.2) is 6.61 Å². The SMILES string of the molecule is Cc1ccc(NC(=O)COc2ccccc2/C=C2\SC(=O)N(CC(=O)N3CCCC3)C2=O)cc1Cl. The van der Waals surface area contributed by atoms with Gasteiger partial charge < -0.3 is 15.0 Å². The molecule has 4 amide bonds. The van der Waals surface area contributed by atoms with E-state index >= 15 is 0 Å². The number of hydrogen-bond acceptors (Lipinski definition) is 6. The molecule has 0 saturated carbocycles. The minimum Gasteiger partial charge on any atom is -0.483 e. The third-order valence-electron chi connectivity index (χ3n) is 5.65. The fraction of sp³-hybridized carbons (Fsp3) is 0.280. The van der Waals surface area contributed by atoms with Crippen LogP contribution < -0.4 is 10.1 Å². The van der Waals surface area contributed by atoms with Crippen molar-refractivity contribution in [1.29, 1.82) is 0 Å². The van der Waals surface area contributed by atoms with Crippen molar-refractivity contribution in [1.82, 2.24) is 9.80 Å². The Morgan fingerprint density at radius 3 is 2.63 bits per heavy atom. The number of ether oxygens (including phenoxy) is 1. The molecule has 0 aliphatic carbocycles. The van der Waals surface area contributed by atoms with Crippen molar-refractivity contribution in [3.05, 3.63) is 63.5 Å². The number of anilines is 1. The van der Waals surface area contributed by atoms with Crippen molar-refractivity contribution in [2.75, 3.05) is 31.6 Å². The van der Waals surface area contributed by atoms with Crippen LogP contribution in [0.1, 0.15) is 24.0 Å². The third-order valence-corrected chi connectivity index (χ3v) is 6.96. The normalized spacial score (nSPS) is 16.8. The fourth-order valence-corrected chi connectivity index (χ4v) is 4.73. The fourth-order valence-electron chi connectivity index (χ4n) is 3.72. The summed E-state index contributed by atoms with van der Waals surface area (Å²) in [7, 11) is 0. The first-order valence-corrected chi connectivity index (χ1v) is 12.3. The number of carbonyl (C=O) groups is 4. The van der Waals surface area contributed by atoms with Crippen molar-refractivity contribution in [2.24, 2.45) is 0 Å². The average molecular weight is 514 g/mol. The Balaban J connectivity index is 1.40. The van der Waals surface area contributed by atoms with E-state index < -0.39 is 11.1 Å². The van der Waals surface area contributed by atoms with Crippen molar-refractivity contribution in [3.8, 4) is 5.75 Å². The van der Waals surface area contributed by atoms with E-state index in [9.17, 15) is 19.2 Å². The van der Waals surface area contributed by atoms with Crippen LogP contribution in [-0.2, 0) is 14.4 Å². The number of nitrogens with one attached hydrogen (secondary N) is 1. The van der Waals surface area contributed by atoms with Crippen molar-refractivity contribution < 1.29 is 23.9 Å². The number of thioether (sulfide) groups is 1. The monoisotopic (exact) mass is 513 g/mol. The zero-order valence-corrected chi connectivity index (χ0v) is 20.7. The Bertz CT molecular complexity index is 1210. The summed E-state index contributed by atoms with van der Waals surface area (Å²) in [6.07, 6.45) is 3.40. The van der Waals surface area contributed by atoms with Crippen LogP contribution in [0.15, 0.2) is 47.4 Å². The summed E-state index contributed by atoms with van der Waals surface area (Å²) in [5, 5.41) is 2.79. The molecule has 1 N–H and O–H groups in total. The molecule has 35 heavy (non-hydrogen) atoms. The number of carbonyl (C=O) groups excluding carboxylic acids is 4. The summed E-state index contributed by atoms with van der Waals surface area (Å²) in [6, 6.07) is 12.1. The van der Waals surface area contributed by atoms with Crippen LogP contribution in [-0.4, -0.2) is 59.0 Å². The summed E-state index contributed by atoms with van der Waals surface area (Å²) in [6.45, 7) is 2.65. The number of nitrogens with zero attached hydrogens (tertiary/aromatic N) is 2. The zero-order valence-electron chi connectivity index (χ0n) is 19.1. The first-order chi connectivity index (χ1) is 16.8. The van der Waals surface area contributed by atoms with E-state index in [1.54, 1.807) is 47.4 Å².